The number of rotatable bonds is 8. The summed E-state index contributed by atoms with van der Waals surface area (Å²) in [6, 6.07) is 13.2. The third-order valence-electron chi connectivity index (χ3n) is 6.76. The average Bonchev–Trinajstić information content (AvgIpc) is 2.85. The van der Waals surface area contributed by atoms with Crippen molar-refractivity contribution in [3.05, 3.63) is 68.7 Å². The Hall–Kier alpha value is -2.68. The van der Waals surface area contributed by atoms with Crippen molar-refractivity contribution >= 4 is 56.1 Å². The van der Waals surface area contributed by atoms with Crippen LogP contribution in [0.3, 0.4) is 0 Å². The summed E-state index contributed by atoms with van der Waals surface area (Å²) in [5.41, 5.74) is 3.02. The predicted octanol–water partition coefficient (Wildman–Crippen LogP) is 5.09. The van der Waals surface area contributed by atoms with Gasteiger partial charge in [0, 0.05) is 65.5 Å². The Morgan fingerprint density at radius 2 is 1.89 bits per heavy atom. The van der Waals surface area contributed by atoms with Crippen molar-refractivity contribution < 1.29 is 14.7 Å². The number of likely N-dealkylation sites (N-methyl/N-ethyl adjacent to an activating group) is 1. The Morgan fingerprint density at radius 1 is 1.17 bits per heavy atom. The lowest BCUT2D eigenvalue weighted by Crippen LogP contribution is -2.45. The zero-order valence-electron chi connectivity index (χ0n) is 20.4. The number of carboxylic acid groups (broad SMARTS) is 1. The molecule has 9 heteroatoms. The first-order valence-electron chi connectivity index (χ1n) is 12.0. The molecule has 2 N–H and O–H groups in total. The number of piperazine rings is 1. The number of halogens is 2. The summed E-state index contributed by atoms with van der Waals surface area (Å²) in [7, 11) is 2.11. The van der Waals surface area contributed by atoms with Gasteiger partial charge in [0.1, 0.15) is 5.82 Å². The van der Waals surface area contributed by atoms with E-state index in [1.165, 1.54) is 0 Å². The van der Waals surface area contributed by atoms with Gasteiger partial charge in [-0.3, -0.25) is 9.59 Å². The van der Waals surface area contributed by atoms with Gasteiger partial charge in [0.2, 0.25) is 0 Å². The van der Waals surface area contributed by atoms with Crippen LogP contribution in [-0.4, -0.2) is 66.6 Å². The van der Waals surface area contributed by atoms with Crippen molar-refractivity contribution in [2.75, 3.05) is 44.7 Å². The Balaban J connectivity index is 1.66. The van der Waals surface area contributed by atoms with Crippen LogP contribution in [0.2, 0.25) is 5.02 Å². The van der Waals surface area contributed by atoms with Gasteiger partial charge in [-0.15, -0.1) is 0 Å². The molecule has 1 atom stereocenters. The molecular formula is C27H30BrClN4O3. The van der Waals surface area contributed by atoms with Gasteiger partial charge in [0.15, 0.2) is 0 Å². The van der Waals surface area contributed by atoms with Crippen LogP contribution < -0.4 is 10.2 Å². The van der Waals surface area contributed by atoms with Gasteiger partial charge < -0.3 is 20.2 Å². The van der Waals surface area contributed by atoms with E-state index in [1.807, 2.05) is 43.3 Å². The van der Waals surface area contributed by atoms with Gasteiger partial charge in [0.05, 0.1) is 11.1 Å². The molecule has 1 saturated heterocycles. The zero-order chi connectivity index (χ0) is 25.8. The van der Waals surface area contributed by atoms with Gasteiger partial charge in [-0.05, 0) is 50.2 Å². The molecule has 1 aliphatic rings. The highest BCUT2D eigenvalue weighted by Gasteiger charge is 2.25. The number of pyridine rings is 1. The molecule has 0 spiro atoms. The maximum atomic E-state index is 13.7. The molecule has 0 aliphatic carbocycles. The number of aliphatic carboxylic acids is 1. The minimum absolute atomic E-state index is 0.0104. The Labute approximate surface area is 224 Å². The van der Waals surface area contributed by atoms with Crippen LogP contribution in [0.5, 0.6) is 0 Å². The first-order chi connectivity index (χ1) is 17.2. The quantitative estimate of drug-likeness (QED) is 0.391. The number of amides is 1. The number of carboxylic acids is 1. The van der Waals surface area contributed by atoms with Crippen LogP contribution in [0.1, 0.15) is 40.2 Å². The van der Waals surface area contributed by atoms with Gasteiger partial charge >= 0.3 is 5.97 Å². The number of aromatic nitrogens is 1. The summed E-state index contributed by atoms with van der Waals surface area (Å²) in [5, 5.41) is 13.7. The lowest BCUT2D eigenvalue weighted by molar-refractivity contribution is -0.137. The van der Waals surface area contributed by atoms with Gasteiger partial charge in [0.25, 0.3) is 5.91 Å². The second-order valence-electron chi connectivity index (χ2n) is 9.25. The van der Waals surface area contributed by atoms with E-state index in [0.29, 0.717) is 17.0 Å². The van der Waals surface area contributed by atoms with E-state index in [9.17, 15) is 14.7 Å². The Bertz CT molecular complexity index is 1280. The van der Waals surface area contributed by atoms with E-state index in [4.69, 9.17) is 16.6 Å². The fourth-order valence-corrected chi connectivity index (χ4v) is 5.36. The highest BCUT2D eigenvalue weighted by molar-refractivity contribution is 9.10. The minimum Gasteiger partial charge on any atom is -0.481 e. The van der Waals surface area contributed by atoms with Crippen molar-refractivity contribution in [2.24, 2.45) is 0 Å². The summed E-state index contributed by atoms with van der Waals surface area (Å²) in [5.74, 6) is -0.482. The highest BCUT2D eigenvalue weighted by Crippen LogP contribution is 2.32. The predicted molar refractivity (Wildman–Crippen MR) is 147 cm³/mol. The summed E-state index contributed by atoms with van der Waals surface area (Å²) >= 11 is 9.95. The first-order valence-corrected chi connectivity index (χ1v) is 13.2. The van der Waals surface area contributed by atoms with E-state index in [0.717, 1.165) is 58.5 Å². The van der Waals surface area contributed by atoms with Crippen LogP contribution in [0.25, 0.3) is 10.9 Å². The minimum atomic E-state index is -0.879. The molecule has 2 heterocycles. The van der Waals surface area contributed by atoms with Crippen LogP contribution in [-0.2, 0) is 4.79 Å². The third kappa shape index (κ3) is 5.99. The molecule has 190 valence electrons. The number of hydrogen-bond donors (Lipinski definition) is 2. The Kier molecular flexibility index (Phi) is 8.49. The number of hydrogen-bond acceptors (Lipinski definition) is 5. The normalized spacial score (nSPS) is 15.2. The summed E-state index contributed by atoms with van der Waals surface area (Å²) in [6.45, 7) is 5.78. The number of fused-ring (bicyclic) bond motifs is 1. The molecule has 0 saturated carbocycles. The SMILES string of the molecule is Cc1c(N2CCN(C)CC2)nc2ccc(Br)cc2c1C(=O)NCC(CCC(=O)O)c1ccccc1Cl. The largest absolute Gasteiger partial charge is 0.481 e. The fraction of sp³-hybridized carbons (Fsp3) is 0.370. The van der Waals surface area contributed by atoms with Crippen molar-refractivity contribution in [1.29, 1.82) is 0 Å². The smallest absolute Gasteiger partial charge is 0.303 e. The molecule has 2 aromatic carbocycles. The number of carbonyl (C=O) groups excluding carboxylic acids is 1. The fourth-order valence-electron chi connectivity index (χ4n) is 4.71. The lowest BCUT2D eigenvalue weighted by Gasteiger charge is -2.34. The summed E-state index contributed by atoms with van der Waals surface area (Å²) in [4.78, 5) is 34.4. The molecule has 1 aliphatic heterocycles. The van der Waals surface area contributed by atoms with Crippen molar-refractivity contribution in [1.82, 2.24) is 15.2 Å². The number of benzene rings is 2. The molecule has 1 amide bonds. The van der Waals surface area contributed by atoms with Crippen LogP contribution >= 0.6 is 27.5 Å². The molecule has 7 nitrogen and oxygen atoms in total. The van der Waals surface area contributed by atoms with E-state index in [2.05, 4.69) is 38.1 Å². The molecule has 0 bridgehead atoms. The second-order valence-corrected chi connectivity index (χ2v) is 10.6. The zero-order valence-corrected chi connectivity index (χ0v) is 22.8. The van der Waals surface area contributed by atoms with Crippen LogP contribution in [0, 0.1) is 6.92 Å². The van der Waals surface area contributed by atoms with Gasteiger partial charge in [-0.1, -0.05) is 45.7 Å². The maximum Gasteiger partial charge on any atom is 0.303 e. The summed E-state index contributed by atoms with van der Waals surface area (Å²) in [6.07, 6.45) is 0.358. The molecule has 4 rings (SSSR count). The van der Waals surface area contributed by atoms with E-state index in [-0.39, 0.29) is 24.8 Å². The average molecular weight is 574 g/mol. The molecule has 1 unspecified atom stereocenters. The Morgan fingerprint density at radius 3 is 2.58 bits per heavy atom. The number of anilines is 1. The van der Waals surface area contributed by atoms with Gasteiger partial charge in [-0.25, -0.2) is 4.98 Å². The molecular weight excluding hydrogens is 544 g/mol. The van der Waals surface area contributed by atoms with Crippen LogP contribution in [0.15, 0.2) is 46.9 Å². The standard InChI is InChI=1S/C27H30BrClN4O3/c1-17-25(27(36)30-16-18(7-10-24(34)35)20-5-3-4-6-22(20)29)21-15-19(28)8-9-23(21)31-26(17)33-13-11-32(2)12-14-33/h3-6,8-9,15,18H,7,10-14,16H2,1-2H3,(H,30,36)(H,34,35). The second kappa shape index (κ2) is 11.6. The van der Waals surface area contributed by atoms with Crippen molar-refractivity contribution in [3.8, 4) is 0 Å². The first kappa shape index (κ1) is 26.4. The van der Waals surface area contributed by atoms with E-state index >= 15 is 0 Å². The molecule has 0 radical (unpaired) electrons. The van der Waals surface area contributed by atoms with Crippen LogP contribution in [0.4, 0.5) is 5.82 Å². The van der Waals surface area contributed by atoms with Crippen molar-refractivity contribution in [2.45, 2.75) is 25.7 Å². The molecule has 36 heavy (non-hydrogen) atoms. The molecule has 3 aromatic rings. The number of nitrogens with one attached hydrogen (secondary N) is 1. The maximum absolute atomic E-state index is 13.7. The topological polar surface area (TPSA) is 85.8 Å². The van der Waals surface area contributed by atoms with E-state index in [1.54, 1.807) is 6.07 Å². The molecule has 1 fully saturated rings. The lowest BCUT2D eigenvalue weighted by atomic mass is 9.93. The summed E-state index contributed by atoms with van der Waals surface area (Å²) < 4.78 is 0.869. The van der Waals surface area contributed by atoms with E-state index < -0.39 is 5.97 Å². The third-order valence-corrected chi connectivity index (χ3v) is 7.59. The van der Waals surface area contributed by atoms with Crippen molar-refractivity contribution in [3.63, 3.8) is 0 Å². The monoisotopic (exact) mass is 572 g/mol. The number of carbonyl (C=O) groups is 2. The van der Waals surface area contributed by atoms with Gasteiger partial charge in [-0.2, -0.15) is 0 Å². The highest BCUT2D eigenvalue weighted by atomic mass is 79.9. The number of nitrogens with zero attached hydrogens (tertiary/aromatic N) is 3. The molecule has 1 aromatic heterocycles.